The number of fused-ring (bicyclic) bond motifs is 2. The zero-order chi connectivity index (χ0) is 28.7. The molecule has 1 N–H and O–H groups in total. The molecule has 6 aromatic rings. The summed E-state index contributed by atoms with van der Waals surface area (Å²) in [4.78, 5) is 29.5. The van der Waals surface area contributed by atoms with Gasteiger partial charge in [0.1, 0.15) is 11.3 Å². The molecule has 9 heteroatoms. The van der Waals surface area contributed by atoms with E-state index < -0.39 is 12.1 Å². The molecule has 0 saturated carbocycles. The minimum absolute atomic E-state index is 0.303. The number of aliphatic carboxylic acids is 1. The van der Waals surface area contributed by atoms with Crippen LogP contribution in [0.15, 0.2) is 99.2 Å². The van der Waals surface area contributed by atoms with Crippen molar-refractivity contribution in [2.75, 3.05) is 0 Å². The van der Waals surface area contributed by atoms with Crippen LogP contribution in [0.2, 0.25) is 0 Å². The van der Waals surface area contributed by atoms with Gasteiger partial charge >= 0.3 is 5.97 Å². The quantitative estimate of drug-likeness (QED) is 0.248. The van der Waals surface area contributed by atoms with E-state index in [-0.39, 0.29) is 5.56 Å². The second-order valence-corrected chi connectivity index (χ2v) is 9.72. The Bertz CT molecular complexity index is 1980. The minimum atomic E-state index is -1.03. The molecule has 204 valence electrons. The van der Waals surface area contributed by atoms with Crippen LogP contribution in [-0.4, -0.2) is 37.6 Å². The maximum atomic E-state index is 13.6. The fourth-order valence-corrected chi connectivity index (χ4v) is 4.85. The summed E-state index contributed by atoms with van der Waals surface area (Å²) < 4.78 is 14.8. The van der Waals surface area contributed by atoms with E-state index in [1.54, 1.807) is 36.5 Å². The van der Waals surface area contributed by atoms with E-state index in [1.807, 2.05) is 73.0 Å². The van der Waals surface area contributed by atoms with Gasteiger partial charge in [-0.3, -0.25) is 4.79 Å². The number of carboxylic acids is 1. The third-order valence-electron chi connectivity index (χ3n) is 6.94. The highest BCUT2D eigenvalue weighted by Gasteiger charge is 2.17. The molecule has 3 aromatic heterocycles. The molecule has 9 nitrogen and oxygen atoms in total. The molecule has 6 rings (SSSR count). The van der Waals surface area contributed by atoms with Gasteiger partial charge in [-0.2, -0.15) is 9.78 Å². The van der Waals surface area contributed by atoms with E-state index >= 15 is 0 Å². The minimum Gasteiger partial charge on any atom is -0.479 e. The molecule has 3 aromatic carbocycles. The van der Waals surface area contributed by atoms with Crippen LogP contribution < -0.4 is 10.3 Å². The van der Waals surface area contributed by atoms with Gasteiger partial charge in [-0.15, -0.1) is 0 Å². The summed E-state index contributed by atoms with van der Waals surface area (Å²) in [6, 6.07) is 25.8. The molecule has 0 aliphatic rings. The Morgan fingerprint density at radius 2 is 1.76 bits per heavy atom. The van der Waals surface area contributed by atoms with E-state index in [9.17, 15) is 9.59 Å². The molecule has 3 heterocycles. The fraction of sp³-hybridized carbons (Fsp3) is 0.125. The van der Waals surface area contributed by atoms with E-state index in [0.717, 1.165) is 28.0 Å². The third-order valence-corrected chi connectivity index (χ3v) is 6.94. The molecule has 0 aliphatic heterocycles. The first-order valence-electron chi connectivity index (χ1n) is 13.0. The second-order valence-electron chi connectivity index (χ2n) is 9.72. The molecule has 0 saturated heterocycles. The molecule has 0 unspecified atom stereocenters. The van der Waals surface area contributed by atoms with Gasteiger partial charge in [0, 0.05) is 28.0 Å². The van der Waals surface area contributed by atoms with Gasteiger partial charge in [-0.1, -0.05) is 30.3 Å². The SMILES string of the molecule is Cc1cc(C=Nn2c(-c3cc4ccccc4o3)nc3ccccc3c2=O)c(C)n1-c1ccc(O[C@@H](C)C(=O)O)cc1. The molecule has 0 bridgehead atoms. The average Bonchev–Trinajstić information content (AvgIpc) is 3.53. The maximum Gasteiger partial charge on any atom is 0.344 e. The highest BCUT2D eigenvalue weighted by molar-refractivity contribution is 5.85. The highest BCUT2D eigenvalue weighted by atomic mass is 16.5. The molecule has 0 fully saturated rings. The number of nitrogens with zero attached hydrogens (tertiary/aromatic N) is 4. The lowest BCUT2D eigenvalue weighted by molar-refractivity contribution is -0.144. The Labute approximate surface area is 234 Å². The maximum absolute atomic E-state index is 13.6. The molecule has 0 aliphatic carbocycles. The van der Waals surface area contributed by atoms with Gasteiger partial charge in [-0.25, -0.2) is 9.78 Å². The molecule has 0 radical (unpaired) electrons. The van der Waals surface area contributed by atoms with Crippen LogP contribution >= 0.6 is 0 Å². The molecule has 0 amide bonds. The van der Waals surface area contributed by atoms with Crippen LogP contribution in [0.5, 0.6) is 5.75 Å². The van der Waals surface area contributed by atoms with Crippen molar-refractivity contribution in [3.63, 3.8) is 0 Å². The number of carboxylic acid groups (broad SMARTS) is 1. The Balaban J connectivity index is 1.40. The van der Waals surface area contributed by atoms with Crippen molar-refractivity contribution in [2.45, 2.75) is 26.9 Å². The lowest BCUT2D eigenvalue weighted by Crippen LogP contribution is -2.22. The number of para-hydroxylation sites is 2. The number of aromatic nitrogens is 3. The third kappa shape index (κ3) is 4.78. The van der Waals surface area contributed by atoms with Gasteiger partial charge in [0.2, 0.25) is 5.82 Å². The van der Waals surface area contributed by atoms with Gasteiger partial charge in [0.05, 0.1) is 17.1 Å². The number of benzene rings is 3. The van der Waals surface area contributed by atoms with Crippen LogP contribution in [-0.2, 0) is 4.79 Å². The van der Waals surface area contributed by atoms with Crippen molar-refractivity contribution in [1.82, 2.24) is 14.2 Å². The van der Waals surface area contributed by atoms with Crippen molar-refractivity contribution in [1.29, 1.82) is 0 Å². The lowest BCUT2D eigenvalue weighted by atomic mass is 10.2. The van der Waals surface area contributed by atoms with E-state index in [0.29, 0.717) is 33.8 Å². The number of ether oxygens (including phenoxy) is 1. The molecular weight excluding hydrogens is 520 g/mol. The summed E-state index contributed by atoms with van der Waals surface area (Å²) in [5, 5.41) is 15.1. The summed E-state index contributed by atoms with van der Waals surface area (Å²) in [7, 11) is 0. The highest BCUT2D eigenvalue weighted by Crippen LogP contribution is 2.27. The zero-order valence-corrected chi connectivity index (χ0v) is 22.6. The first-order valence-corrected chi connectivity index (χ1v) is 13.0. The first kappa shape index (κ1) is 25.8. The standard InChI is InChI=1S/C32H26N4O5/c1-19-16-23(20(2)35(19)24-12-14-25(15-13-24)40-21(3)32(38)39)18-33-36-30(29-17-22-8-4-7-11-28(22)41-29)34-27-10-6-5-9-26(27)31(36)37/h4-18,21H,1-3H3,(H,38,39)/t21-/m0/s1. The smallest absolute Gasteiger partial charge is 0.344 e. The number of hydrogen-bond donors (Lipinski definition) is 1. The monoisotopic (exact) mass is 546 g/mol. The topological polar surface area (TPSA) is 112 Å². The van der Waals surface area contributed by atoms with Crippen molar-refractivity contribution in [3.8, 4) is 23.0 Å². The fourth-order valence-electron chi connectivity index (χ4n) is 4.85. The van der Waals surface area contributed by atoms with Crippen LogP contribution in [0.1, 0.15) is 23.9 Å². The van der Waals surface area contributed by atoms with Crippen LogP contribution in [0.25, 0.3) is 39.1 Å². The molecular formula is C32H26N4O5. The summed E-state index contributed by atoms with van der Waals surface area (Å²) in [6.07, 6.45) is 0.700. The van der Waals surface area contributed by atoms with Gasteiger partial charge in [0.25, 0.3) is 5.56 Å². The van der Waals surface area contributed by atoms with Gasteiger partial charge < -0.3 is 18.8 Å². The Morgan fingerprint density at radius 1 is 1.02 bits per heavy atom. The van der Waals surface area contributed by atoms with Gasteiger partial charge in [-0.05, 0) is 75.4 Å². The zero-order valence-electron chi connectivity index (χ0n) is 22.6. The van der Waals surface area contributed by atoms with Crippen LogP contribution in [0.3, 0.4) is 0 Å². The number of hydrogen-bond acceptors (Lipinski definition) is 6. The largest absolute Gasteiger partial charge is 0.479 e. The average molecular weight is 547 g/mol. The van der Waals surface area contributed by atoms with Crippen molar-refractivity contribution >= 4 is 34.1 Å². The number of carbonyl (C=O) groups is 1. The van der Waals surface area contributed by atoms with Crippen molar-refractivity contribution in [2.24, 2.45) is 5.10 Å². The summed E-state index contributed by atoms with van der Waals surface area (Å²) in [5.41, 5.74) is 4.51. The van der Waals surface area contributed by atoms with E-state index in [1.165, 1.54) is 11.6 Å². The number of aryl methyl sites for hydroxylation is 1. The Hall–Kier alpha value is -5.44. The summed E-state index contributed by atoms with van der Waals surface area (Å²) in [5.74, 6) is 0.186. The van der Waals surface area contributed by atoms with Crippen LogP contribution in [0, 0.1) is 13.8 Å². The Kier molecular flexibility index (Phi) is 6.47. The van der Waals surface area contributed by atoms with Crippen molar-refractivity contribution in [3.05, 3.63) is 112 Å². The molecule has 41 heavy (non-hydrogen) atoms. The predicted octanol–water partition coefficient (Wildman–Crippen LogP) is 5.95. The molecule has 0 spiro atoms. The van der Waals surface area contributed by atoms with Gasteiger partial charge in [0.15, 0.2) is 11.9 Å². The van der Waals surface area contributed by atoms with Crippen LogP contribution in [0.4, 0.5) is 0 Å². The lowest BCUT2D eigenvalue weighted by Gasteiger charge is -2.13. The number of furan rings is 1. The second kappa shape index (κ2) is 10.3. The molecule has 1 atom stereocenters. The summed E-state index contributed by atoms with van der Waals surface area (Å²) >= 11 is 0. The van der Waals surface area contributed by atoms with E-state index in [2.05, 4.69) is 5.10 Å². The van der Waals surface area contributed by atoms with Crippen molar-refractivity contribution < 1.29 is 19.1 Å². The summed E-state index contributed by atoms with van der Waals surface area (Å²) in [6.45, 7) is 5.43. The number of rotatable bonds is 7. The predicted molar refractivity (Wildman–Crippen MR) is 157 cm³/mol. The normalized spacial score (nSPS) is 12.4. The first-order chi connectivity index (χ1) is 19.8. The van der Waals surface area contributed by atoms with E-state index in [4.69, 9.17) is 19.2 Å². The Morgan fingerprint density at radius 3 is 2.51 bits per heavy atom.